The second kappa shape index (κ2) is 10.0. The summed E-state index contributed by atoms with van der Waals surface area (Å²) in [6.07, 6.45) is 2.80. The van der Waals surface area contributed by atoms with E-state index >= 15 is 0 Å². The lowest BCUT2D eigenvalue weighted by Crippen LogP contribution is -2.16. The minimum atomic E-state index is -4.40. The Morgan fingerprint density at radius 3 is 2.29 bits per heavy atom. The number of alkyl halides is 3. The quantitative estimate of drug-likeness (QED) is 0.350. The molecule has 1 fully saturated rings. The van der Waals surface area contributed by atoms with Gasteiger partial charge in [0.25, 0.3) is 0 Å². The van der Waals surface area contributed by atoms with Crippen molar-refractivity contribution < 1.29 is 22.4 Å². The fourth-order valence-corrected chi connectivity index (χ4v) is 3.87. The van der Waals surface area contributed by atoms with Crippen LogP contribution in [0.4, 0.5) is 34.6 Å². The van der Waals surface area contributed by atoms with E-state index in [1.807, 2.05) is 0 Å². The van der Waals surface area contributed by atoms with Crippen molar-refractivity contribution in [1.82, 2.24) is 0 Å². The maximum atomic E-state index is 14.6. The highest BCUT2D eigenvalue weighted by atomic mass is 19.4. The summed E-state index contributed by atoms with van der Waals surface area (Å²) in [4.78, 5) is 12.2. The number of amides is 1. The molecule has 0 saturated heterocycles. The number of rotatable bonds is 7. The molecule has 31 heavy (non-hydrogen) atoms. The Hall–Kier alpha value is -2.77. The number of anilines is 3. The van der Waals surface area contributed by atoms with Crippen LogP contribution in [0.25, 0.3) is 0 Å². The van der Waals surface area contributed by atoms with Gasteiger partial charge in [-0.3, -0.25) is 4.79 Å². The normalized spacial score (nSPS) is 15.0. The third kappa shape index (κ3) is 6.35. The van der Waals surface area contributed by atoms with Gasteiger partial charge in [-0.1, -0.05) is 44.2 Å². The molecule has 0 spiro atoms. The Balaban J connectivity index is 1.55. The summed E-state index contributed by atoms with van der Waals surface area (Å²) in [7, 11) is 0. The second-order valence-corrected chi connectivity index (χ2v) is 8.03. The van der Waals surface area contributed by atoms with Crippen LogP contribution in [0.2, 0.25) is 0 Å². The first-order chi connectivity index (χ1) is 14.7. The Morgan fingerprint density at radius 2 is 1.65 bits per heavy atom. The van der Waals surface area contributed by atoms with E-state index in [1.165, 1.54) is 43.5 Å². The smallest absolute Gasteiger partial charge is 0.395 e. The minimum Gasteiger partial charge on any atom is -0.395 e. The topological polar surface area (TPSA) is 67.1 Å². The summed E-state index contributed by atoms with van der Waals surface area (Å²) in [5.74, 6) is -0.329. The molecule has 1 aliphatic carbocycles. The molecule has 0 aromatic heterocycles. The highest BCUT2D eigenvalue weighted by Crippen LogP contribution is 2.31. The predicted octanol–water partition coefficient (Wildman–Crippen LogP) is 6.34. The van der Waals surface area contributed by atoms with Crippen LogP contribution in [-0.2, 0) is 17.5 Å². The summed E-state index contributed by atoms with van der Waals surface area (Å²) >= 11 is 0. The summed E-state index contributed by atoms with van der Waals surface area (Å²) in [6, 6.07) is 7.59. The molecule has 168 valence electrons. The van der Waals surface area contributed by atoms with Gasteiger partial charge in [-0.25, -0.2) is 4.39 Å². The van der Waals surface area contributed by atoms with Gasteiger partial charge in [-0.15, -0.1) is 0 Å². The number of hydrogen-bond acceptors (Lipinski definition) is 3. The molecule has 1 saturated carbocycles. The lowest BCUT2D eigenvalue weighted by molar-refractivity contribution is -0.137. The molecule has 3 rings (SSSR count). The molecule has 0 heterocycles. The van der Waals surface area contributed by atoms with Crippen LogP contribution in [0.1, 0.15) is 56.1 Å². The van der Waals surface area contributed by atoms with Gasteiger partial charge in [0.1, 0.15) is 0 Å². The molecule has 0 atom stereocenters. The first-order valence-corrected chi connectivity index (χ1v) is 10.5. The second-order valence-electron chi connectivity index (χ2n) is 8.03. The predicted molar refractivity (Wildman–Crippen MR) is 114 cm³/mol. The average molecular weight is 437 g/mol. The highest BCUT2D eigenvalue weighted by molar-refractivity contribution is 5.94. The fraction of sp³-hybridized carbons (Fsp3) is 0.435. The number of carbonyl (C=O) groups is 1. The minimum absolute atomic E-state index is 0.109. The molecule has 2 aromatic carbocycles. The number of nitrogen functional groups attached to an aromatic ring is 1. The molecular weight excluding hydrogens is 410 g/mol. The van der Waals surface area contributed by atoms with Crippen LogP contribution in [0.15, 0.2) is 36.4 Å². The highest BCUT2D eigenvalue weighted by Gasteiger charge is 2.29. The Bertz CT molecular complexity index is 891. The fourth-order valence-electron chi connectivity index (χ4n) is 3.87. The molecule has 1 aliphatic rings. The summed E-state index contributed by atoms with van der Waals surface area (Å²) in [6.45, 7) is 0.127. The number of hydrogen-bond donors (Lipinski definition) is 3. The lowest BCUT2D eigenvalue weighted by Gasteiger charge is -2.21. The number of nitrogens with one attached hydrogen (secondary N) is 2. The first kappa shape index (κ1) is 22.9. The lowest BCUT2D eigenvalue weighted by atomic mass is 9.86. The van der Waals surface area contributed by atoms with Crippen molar-refractivity contribution in [3.63, 3.8) is 0 Å². The van der Waals surface area contributed by atoms with Crippen molar-refractivity contribution in [2.45, 2.75) is 57.7 Å². The van der Waals surface area contributed by atoms with Crippen molar-refractivity contribution in [3.05, 3.63) is 53.3 Å². The van der Waals surface area contributed by atoms with Crippen LogP contribution in [0, 0.1) is 11.7 Å². The van der Waals surface area contributed by atoms with E-state index in [-0.39, 0.29) is 29.5 Å². The van der Waals surface area contributed by atoms with Gasteiger partial charge in [0.05, 0.1) is 22.6 Å². The Kier molecular flexibility index (Phi) is 7.41. The third-order valence-corrected chi connectivity index (χ3v) is 5.72. The van der Waals surface area contributed by atoms with Gasteiger partial charge in [0.2, 0.25) is 5.91 Å². The molecule has 1 amide bonds. The summed E-state index contributed by atoms with van der Waals surface area (Å²) in [5.41, 5.74) is 5.82. The van der Waals surface area contributed by atoms with Crippen LogP contribution in [-0.4, -0.2) is 5.91 Å². The molecule has 0 aliphatic heterocycles. The number of nitrogens with two attached hydrogens (primary N) is 1. The molecule has 8 heteroatoms. The van der Waals surface area contributed by atoms with E-state index in [1.54, 1.807) is 0 Å². The van der Waals surface area contributed by atoms with Crippen LogP contribution < -0.4 is 16.4 Å². The number of carbonyl (C=O) groups excluding carboxylic acids is 1. The van der Waals surface area contributed by atoms with Crippen molar-refractivity contribution >= 4 is 23.0 Å². The molecule has 0 bridgehead atoms. The Labute approximate surface area is 179 Å². The first-order valence-electron chi connectivity index (χ1n) is 10.5. The van der Waals surface area contributed by atoms with E-state index in [4.69, 9.17) is 5.73 Å². The summed E-state index contributed by atoms with van der Waals surface area (Å²) in [5, 5.41) is 5.50. The average Bonchev–Trinajstić information content (AvgIpc) is 2.75. The van der Waals surface area contributed by atoms with Gasteiger partial charge in [-0.05, 0) is 42.2 Å². The zero-order valence-electron chi connectivity index (χ0n) is 17.2. The Morgan fingerprint density at radius 1 is 1.00 bits per heavy atom. The monoisotopic (exact) mass is 437 g/mol. The molecule has 4 nitrogen and oxygen atoms in total. The standard InChI is InChI=1S/C23H27F4N3O/c24-21-18(29-14-16-6-9-17(10-7-16)23(25,26)27)11-12-19(22(21)28)30-20(31)13-8-15-4-2-1-3-5-15/h6-7,9-12,15,29H,1-5,8,13-14,28H2,(H,30,31). The van der Waals surface area contributed by atoms with Gasteiger partial charge in [-0.2, -0.15) is 13.2 Å². The number of benzene rings is 2. The van der Waals surface area contributed by atoms with E-state index in [2.05, 4.69) is 10.6 Å². The van der Waals surface area contributed by atoms with E-state index in [0.29, 0.717) is 17.9 Å². The molecule has 4 N–H and O–H groups in total. The van der Waals surface area contributed by atoms with Crippen LogP contribution in [0.3, 0.4) is 0 Å². The largest absolute Gasteiger partial charge is 0.416 e. The SMILES string of the molecule is Nc1c(NC(=O)CCC2CCCCC2)ccc(NCc2ccc(C(F)(F)F)cc2)c1F. The van der Waals surface area contributed by atoms with Gasteiger partial charge >= 0.3 is 6.18 Å². The number of halogens is 4. The van der Waals surface area contributed by atoms with E-state index in [9.17, 15) is 22.4 Å². The summed E-state index contributed by atoms with van der Waals surface area (Å²) < 4.78 is 52.5. The maximum Gasteiger partial charge on any atom is 0.416 e. The third-order valence-electron chi connectivity index (χ3n) is 5.72. The van der Waals surface area contributed by atoms with E-state index in [0.717, 1.165) is 31.4 Å². The van der Waals surface area contributed by atoms with Gasteiger partial charge in [0.15, 0.2) is 5.82 Å². The molecule has 0 unspecified atom stereocenters. The molecule has 0 radical (unpaired) electrons. The zero-order valence-corrected chi connectivity index (χ0v) is 17.2. The van der Waals surface area contributed by atoms with Crippen LogP contribution in [0.5, 0.6) is 0 Å². The van der Waals surface area contributed by atoms with Gasteiger partial charge < -0.3 is 16.4 Å². The molecule has 2 aromatic rings. The van der Waals surface area contributed by atoms with Gasteiger partial charge in [0, 0.05) is 13.0 Å². The zero-order chi connectivity index (χ0) is 22.4. The van der Waals surface area contributed by atoms with Crippen LogP contribution >= 0.6 is 0 Å². The maximum absolute atomic E-state index is 14.6. The van der Waals surface area contributed by atoms with E-state index < -0.39 is 17.6 Å². The van der Waals surface area contributed by atoms with Crippen molar-refractivity contribution in [2.24, 2.45) is 5.92 Å². The van der Waals surface area contributed by atoms with Crippen molar-refractivity contribution in [3.8, 4) is 0 Å². The van der Waals surface area contributed by atoms with Crippen molar-refractivity contribution in [1.29, 1.82) is 0 Å². The molecular formula is C23H27F4N3O. The van der Waals surface area contributed by atoms with Crippen molar-refractivity contribution in [2.75, 3.05) is 16.4 Å².